The maximum atomic E-state index is 5.86. The predicted octanol–water partition coefficient (Wildman–Crippen LogP) is 1.74. The van der Waals surface area contributed by atoms with Crippen molar-refractivity contribution < 1.29 is 4.74 Å². The Hall–Kier alpha value is -1.14. The Balaban J connectivity index is 1.52. The van der Waals surface area contributed by atoms with Crippen LogP contribution >= 0.6 is 11.3 Å². The zero-order valence-electron chi connectivity index (χ0n) is 12.3. The third-order valence-corrected chi connectivity index (χ3v) is 5.20. The first-order valence-corrected chi connectivity index (χ1v) is 8.03. The van der Waals surface area contributed by atoms with Crippen LogP contribution < -0.4 is 10.6 Å². The minimum absolute atomic E-state index is 0.364. The second kappa shape index (κ2) is 5.69. The van der Waals surface area contributed by atoms with Gasteiger partial charge in [0.25, 0.3) is 0 Å². The number of hydrogen-bond acceptors (Lipinski definition) is 4. The Kier molecular flexibility index (Phi) is 3.94. The van der Waals surface area contributed by atoms with Crippen molar-refractivity contribution in [1.29, 1.82) is 0 Å². The Bertz CT molecular complexity index is 494. The van der Waals surface area contributed by atoms with E-state index in [1.807, 2.05) is 7.05 Å². The molecule has 3 unspecified atom stereocenters. The summed E-state index contributed by atoms with van der Waals surface area (Å²) in [4.78, 5) is 10.1. The number of aromatic nitrogens is 1. The average molecular weight is 294 g/mol. The zero-order chi connectivity index (χ0) is 14.1. The molecule has 5 nitrogen and oxygen atoms in total. The zero-order valence-corrected chi connectivity index (χ0v) is 13.1. The standard InChI is InChI=1S/C14H22N4OS/c1-8-9(2)20-13(17-8)7-16-14(15-3)18-11-6-10-4-5-12(11)19-10/h10-12H,4-7H2,1-3H3,(H2,15,16,18). The summed E-state index contributed by atoms with van der Waals surface area (Å²) in [6, 6.07) is 0.403. The number of aliphatic imine (C=N–C) groups is 1. The highest BCUT2D eigenvalue weighted by molar-refractivity contribution is 7.11. The van der Waals surface area contributed by atoms with Crippen molar-refractivity contribution in [3.63, 3.8) is 0 Å². The van der Waals surface area contributed by atoms with Gasteiger partial charge in [0.15, 0.2) is 5.96 Å². The van der Waals surface area contributed by atoms with Crippen molar-refractivity contribution in [2.24, 2.45) is 4.99 Å². The Morgan fingerprint density at radius 3 is 2.85 bits per heavy atom. The van der Waals surface area contributed by atoms with E-state index in [0.29, 0.717) is 18.2 Å². The van der Waals surface area contributed by atoms with Gasteiger partial charge < -0.3 is 15.4 Å². The summed E-state index contributed by atoms with van der Waals surface area (Å²) in [6.07, 6.45) is 4.31. The lowest BCUT2D eigenvalue weighted by Gasteiger charge is -2.22. The number of nitrogens with one attached hydrogen (secondary N) is 2. The molecule has 20 heavy (non-hydrogen) atoms. The number of fused-ring (bicyclic) bond motifs is 2. The normalized spacial score (nSPS) is 28.9. The lowest BCUT2D eigenvalue weighted by atomic mass is 9.96. The van der Waals surface area contributed by atoms with Gasteiger partial charge in [0.05, 0.1) is 30.5 Å². The van der Waals surface area contributed by atoms with Crippen LogP contribution in [0.4, 0.5) is 0 Å². The minimum atomic E-state index is 0.364. The van der Waals surface area contributed by atoms with E-state index in [1.165, 1.54) is 17.7 Å². The predicted molar refractivity (Wildman–Crippen MR) is 81.2 cm³/mol. The van der Waals surface area contributed by atoms with Crippen LogP contribution in [0.5, 0.6) is 0 Å². The van der Waals surface area contributed by atoms with Crippen molar-refractivity contribution in [3.8, 4) is 0 Å². The molecule has 0 aliphatic carbocycles. The number of nitrogens with zero attached hydrogens (tertiary/aromatic N) is 2. The van der Waals surface area contributed by atoms with E-state index in [9.17, 15) is 0 Å². The smallest absolute Gasteiger partial charge is 0.191 e. The van der Waals surface area contributed by atoms with E-state index in [1.54, 1.807) is 11.3 Å². The van der Waals surface area contributed by atoms with Crippen LogP contribution in [0.1, 0.15) is 34.8 Å². The molecular formula is C14H22N4OS. The summed E-state index contributed by atoms with van der Waals surface area (Å²) in [5.74, 6) is 0.844. The monoisotopic (exact) mass is 294 g/mol. The molecule has 3 heterocycles. The van der Waals surface area contributed by atoms with Crippen LogP contribution in [0.15, 0.2) is 4.99 Å². The molecule has 3 atom stereocenters. The number of aryl methyl sites for hydroxylation is 2. The number of ether oxygens (including phenoxy) is 1. The number of thiazole rings is 1. The van der Waals surface area contributed by atoms with Crippen LogP contribution in [0.2, 0.25) is 0 Å². The van der Waals surface area contributed by atoms with E-state index >= 15 is 0 Å². The maximum Gasteiger partial charge on any atom is 0.191 e. The molecule has 0 aromatic carbocycles. The number of rotatable bonds is 3. The van der Waals surface area contributed by atoms with Gasteiger partial charge in [-0.05, 0) is 33.1 Å². The molecule has 2 aliphatic heterocycles. The van der Waals surface area contributed by atoms with Gasteiger partial charge in [-0.25, -0.2) is 4.98 Å². The van der Waals surface area contributed by atoms with E-state index in [4.69, 9.17) is 4.74 Å². The molecule has 2 aliphatic rings. The van der Waals surface area contributed by atoms with Crippen LogP contribution in [0.3, 0.4) is 0 Å². The summed E-state index contributed by atoms with van der Waals surface area (Å²) in [6.45, 7) is 4.88. The van der Waals surface area contributed by atoms with Crippen molar-refractivity contribution in [3.05, 3.63) is 15.6 Å². The lowest BCUT2D eigenvalue weighted by Crippen LogP contribution is -2.47. The fourth-order valence-electron chi connectivity index (χ4n) is 2.93. The van der Waals surface area contributed by atoms with E-state index in [2.05, 4.69) is 34.5 Å². The van der Waals surface area contributed by atoms with Gasteiger partial charge in [0, 0.05) is 11.9 Å². The molecule has 110 valence electrons. The highest BCUT2D eigenvalue weighted by Gasteiger charge is 2.41. The molecule has 3 rings (SSSR count). The van der Waals surface area contributed by atoms with E-state index < -0.39 is 0 Å². The van der Waals surface area contributed by atoms with Gasteiger partial charge in [-0.1, -0.05) is 0 Å². The molecule has 1 aromatic rings. The molecule has 2 bridgehead atoms. The quantitative estimate of drug-likeness (QED) is 0.658. The number of hydrogen-bond donors (Lipinski definition) is 2. The minimum Gasteiger partial charge on any atom is -0.373 e. The number of guanidine groups is 1. The molecule has 0 amide bonds. The molecule has 0 radical (unpaired) electrons. The first-order valence-electron chi connectivity index (χ1n) is 7.21. The molecule has 2 saturated heterocycles. The molecule has 2 N–H and O–H groups in total. The first kappa shape index (κ1) is 13.8. The topological polar surface area (TPSA) is 58.5 Å². The average Bonchev–Trinajstić information content (AvgIpc) is 3.11. The van der Waals surface area contributed by atoms with Crippen molar-refractivity contribution in [1.82, 2.24) is 15.6 Å². The van der Waals surface area contributed by atoms with Gasteiger partial charge in [-0.15, -0.1) is 11.3 Å². The lowest BCUT2D eigenvalue weighted by molar-refractivity contribution is 0.0992. The summed E-state index contributed by atoms with van der Waals surface area (Å²) < 4.78 is 5.86. The third kappa shape index (κ3) is 2.81. The molecule has 2 fully saturated rings. The van der Waals surface area contributed by atoms with Crippen LogP contribution in [-0.4, -0.2) is 36.2 Å². The molecule has 0 spiro atoms. The van der Waals surface area contributed by atoms with Gasteiger partial charge >= 0.3 is 0 Å². The summed E-state index contributed by atoms with van der Waals surface area (Å²) in [7, 11) is 1.81. The Labute approximate surface area is 123 Å². The first-order chi connectivity index (χ1) is 9.65. The second-order valence-electron chi connectivity index (χ2n) is 5.54. The Morgan fingerprint density at radius 2 is 2.30 bits per heavy atom. The van der Waals surface area contributed by atoms with Crippen LogP contribution in [-0.2, 0) is 11.3 Å². The SMILES string of the molecule is CN=C(NCc1nc(C)c(C)s1)NC1CC2CCC1O2. The summed E-state index contributed by atoms with van der Waals surface area (Å²) in [5.41, 5.74) is 1.12. The van der Waals surface area contributed by atoms with Crippen LogP contribution in [0.25, 0.3) is 0 Å². The van der Waals surface area contributed by atoms with Gasteiger partial charge in [0.1, 0.15) is 5.01 Å². The summed E-state index contributed by atoms with van der Waals surface area (Å²) >= 11 is 1.74. The van der Waals surface area contributed by atoms with Crippen molar-refractivity contribution in [2.75, 3.05) is 7.05 Å². The molecule has 0 saturated carbocycles. The van der Waals surface area contributed by atoms with Crippen molar-refractivity contribution in [2.45, 2.75) is 57.9 Å². The van der Waals surface area contributed by atoms with E-state index in [0.717, 1.165) is 29.6 Å². The fraction of sp³-hybridized carbons (Fsp3) is 0.714. The highest BCUT2D eigenvalue weighted by Crippen LogP contribution is 2.34. The highest BCUT2D eigenvalue weighted by atomic mass is 32.1. The molecular weight excluding hydrogens is 272 g/mol. The molecule has 6 heteroatoms. The Morgan fingerprint density at radius 1 is 1.45 bits per heavy atom. The fourth-order valence-corrected chi connectivity index (χ4v) is 3.81. The summed E-state index contributed by atoms with van der Waals surface area (Å²) in [5, 5.41) is 7.93. The van der Waals surface area contributed by atoms with Gasteiger partial charge in [-0.2, -0.15) is 0 Å². The molecule has 1 aromatic heterocycles. The van der Waals surface area contributed by atoms with E-state index in [-0.39, 0.29) is 0 Å². The largest absolute Gasteiger partial charge is 0.373 e. The third-order valence-electron chi connectivity index (χ3n) is 4.13. The second-order valence-corrected chi connectivity index (χ2v) is 6.82. The van der Waals surface area contributed by atoms with Crippen LogP contribution in [0, 0.1) is 13.8 Å². The van der Waals surface area contributed by atoms with Gasteiger partial charge in [-0.3, -0.25) is 4.99 Å². The van der Waals surface area contributed by atoms with Crippen molar-refractivity contribution >= 4 is 17.3 Å². The van der Waals surface area contributed by atoms with Gasteiger partial charge in [0.2, 0.25) is 0 Å². The maximum absolute atomic E-state index is 5.86.